The molecule has 0 saturated heterocycles. The summed E-state index contributed by atoms with van der Waals surface area (Å²) in [4.78, 5) is 2.41. The molecule has 58 heavy (non-hydrogen) atoms. The normalized spacial score (nSPS) is 11.4. The molecule has 0 radical (unpaired) electrons. The molecule has 0 fully saturated rings. The molecule has 0 aliphatic carbocycles. The third-order valence-corrected chi connectivity index (χ3v) is 12.6. The Morgan fingerprint density at radius 3 is 1.41 bits per heavy atom. The van der Waals surface area contributed by atoms with Crippen LogP contribution in [0.3, 0.4) is 0 Å². The predicted octanol–water partition coefficient (Wildman–Crippen LogP) is 16.5. The first-order valence-electron chi connectivity index (χ1n) is 19.8. The Kier molecular flexibility index (Phi) is 8.42. The fourth-order valence-electron chi connectivity index (χ4n) is 8.61. The monoisotopic (exact) mass is 755 g/mol. The molecule has 0 unspecified atom stereocenters. The summed E-state index contributed by atoms with van der Waals surface area (Å²) in [7, 11) is 0. The van der Waals surface area contributed by atoms with Gasteiger partial charge in [-0.15, -0.1) is 11.3 Å². The zero-order valence-electron chi connectivity index (χ0n) is 31.7. The van der Waals surface area contributed by atoms with E-state index in [4.69, 9.17) is 0 Å². The first-order valence-corrected chi connectivity index (χ1v) is 20.6. The first-order chi connectivity index (χ1) is 28.7. The van der Waals surface area contributed by atoms with Crippen LogP contribution >= 0.6 is 11.3 Å². The second-order valence-electron chi connectivity index (χ2n) is 14.9. The van der Waals surface area contributed by atoms with Crippen LogP contribution in [0.5, 0.6) is 0 Å². The number of para-hydroxylation sites is 1. The predicted molar refractivity (Wildman–Crippen MR) is 251 cm³/mol. The van der Waals surface area contributed by atoms with Crippen LogP contribution in [-0.2, 0) is 0 Å². The van der Waals surface area contributed by atoms with Crippen LogP contribution < -0.4 is 4.90 Å². The highest BCUT2D eigenvalue weighted by Gasteiger charge is 2.19. The van der Waals surface area contributed by atoms with Crippen LogP contribution in [0.15, 0.2) is 224 Å². The van der Waals surface area contributed by atoms with E-state index in [0.29, 0.717) is 0 Å². The lowest BCUT2D eigenvalue weighted by atomic mass is 9.95. The zero-order chi connectivity index (χ0) is 38.4. The number of thiophene rings is 1. The van der Waals surface area contributed by atoms with Gasteiger partial charge in [0.1, 0.15) is 0 Å². The maximum Gasteiger partial charge on any atom is 0.0540 e. The molecule has 0 saturated carbocycles. The third kappa shape index (κ3) is 6.03. The maximum absolute atomic E-state index is 2.41. The molecule has 11 rings (SSSR count). The van der Waals surface area contributed by atoms with Gasteiger partial charge in [0, 0.05) is 37.1 Å². The van der Waals surface area contributed by atoms with Crippen molar-refractivity contribution in [2.24, 2.45) is 0 Å². The molecule has 0 N–H and O–H groups in total. The summed E-state index contributed by atoms with van der Waals surface area (Å²) < 4.78 is 2.64. The van der Waals surface area contributed by atoms with Crippen molar-refractivity contribution in [3.63, 3.8) is 0 Å². The van der Waals surface area contributed by atoms with Gasteiger partial charge in [-0.05, 0) is 103 Å². The van der Waals surface area contributed by atoms with Crippen molar-refractivity contribution < 1.29 is 0 Å². The van der Waals surface area contributed by atoms with Crippen molar-refractivity contribution in [3.8, 4) is 44.5 Å². The van der Waals surface area contributed by atoms with Gasteiger partial charge in [-0.3, -0.25) is 0 Å². The van der Waals surface area contributed by atoms with Gasteiger partial charge in [0.15, 0.2) is 0 Å². The molecule has 10 aromatic carbocycles. The van der Waals surface area contributed by atoms with E-state index >= 15 is 0 Å². The molecule has 272 valence electrons. The zero-order valence-corrected chi connectivity index (χ0v) is 32.5. The minimum absolute atomic E-state index is 1.10. The Morgan fingerprint density at radius 2 is 0.724 bits per heavy atom. The lowest BCUT2D eigenvalue weighted by molar-refractivity contribution is 1.28. The van der Waals surface area contributed by atoms with Gasteiger partial charge in [-0.2, -0.15) is 0 Å². The van der Waals surface area contributed by atoms with Crippen LogP contribution in [0.4, 0.5) is 17.1 Å². The van der Waals surface area contributed by atoms with Gasteiger partial charge in [-0.25, -0.2) is 0 Å². The average Bonchev–Trinajstić information content (AvgIpc) is 3.68. The Morgan fingerprint density at radius 1 is 0.276 bits per heavy atom. The summed E-state index contributed by atoms with van der Waals surface area (Å²) in [6.45, 7) is 0. The molecule has 0 aliphatic rings. The molecule has 0 atom stereocenters. The first kappa shape index (κ1) is 34.0. The second kappa shape index (κ2) is 14.4. The number of anilines is 3. The number of rotatable bonds is 7. The number of benzene rings is 10. The number of hydrogen-bond acceptors (Lipinski definition) is 2. The van der Waals surface area contributed by atoms with Crippen molar-refractivity contribution in [2.45, 2.75) is 0 Å². The van der Waals surface area contributed by atoms with E-state index in [-0.39, 0.29) is 0 Å². The summed E-state index contributed by atoms with van der Waals surface area (Å²) in [6.07, 6.45) is 0. The van der Waals surface area contributed by atoms with Gasteiger partial charge in [0.2, 0.25) is 0 Å². The molecular weight excluding hydrogens is 719 g/mol. The van der Waals surface area contributed by atoms with Crippen LogP contribution in [0.25, 0.3) is 86.2 Å². The summed E-state index contributed by atoms with van der Waals surface area (Å²) in [5.41, 5.74) is 13.0. The van der Waals surface area contributed by atoms with Gasteiger partial charge in [0.25, 0.3) is 0 Å². The Bertz CT molecular complexity index is 3250. The third-order valence-electron chi connectivity index (χ3n) is 11.5. The SMILES string of the molecule is c1ccc(N(c2ccc(-c3ccc(-c4cccc5ccccc45)cc3)cc2)c2ccc(-c3ccc4c(c3)sc3ccccc34)cc2)c(-c2cccc3ccccc23)c1. The van der Waals surface area contributed by atoms with E-state index in [2.05, 4.69) is 229 Å². The van der Waals surface area contributed by atoms with E-state index in [1.807, 2.05) is 11.3 Å². The van der Waals surface area contributed by atoms with Crippen LogP contribution in [0.2, 0.25) is 0 Å². The van der Waals surface area contributed by atoms with Gasteiger partial charge < -0.3 is 4.90 Å². The second-order valence-corrected chi connectivity index (χ2v) is 16.0. The summed E-state index contributed by atoms with van der Waals surface area (Å²) in [5.74, 6) is 0. The van der Waals surface area contributed by atoms with Crippen molar-refractivity contribution >= 4 is 70.1 Å². The largest absolute Gasteiger partial charge is 0.310 e. The van der Waals surface area contributed by atoms with Crippen LogP contribution in [-0.4, -0.2) is 0 Å². The Labute approximate surface area is 342 Å². The van der Waals surface area contributed by atoms with E-state index in [1.165, 1.54) is 86.2 Å². The summed E-state index contributed by atoms with van der Waals surface area (Å²) >= 11 is 1.86. The molecule has 1 aromatic heterocycles. The highest BCUT2D eigenvalue weighted by molar-refractivity contribution is 7.25. The van der Waals surface area contributed by atoms with Crippen molar-refractivity contribution in [1.29, 1.82) is 0 Å². The highest BCUT2D eigenvalue weighted by atomic mass is 32.1. The van der Waals surface area contributed by atoms with Gasteiger partial charge in [0.05, 0.1) is 5.69 Å². The maximum atomic E-state index is 2.41. The van der Waals surface area contributed by atoms with Crippen molar-refractivity contribution in [1.82, 2.24) is 0 Å². The van der Waals surface area contributed by atoms with E-state index in [9.17, 15) is 0 Å². The molecular formula is C56H37NS. The molecule has 0 aliphatic heterocycles. The topological polar surface area (TPSA) is 3.24 Å². The minimum atomic E-state index is 1.10. The lowest BCUT2D eigenvalue weighted by Gasteiger charge is -2.28. The summed E-state index contributed by atoms with van der Waals surface area (Å²) in [5, 5.41) is 7.66. The van der Waals surface area contributed by atoms with Crippen LogP contribution in [0.1, 0.15) is 0 Å². The number of nitrogens with zero attached hydrogens (tertiary/aromatic N) is 1. The van der Waals surface area contributed by atoms with Crippen molar-refractivity contribution in [3.05, 3.63) is 224 Å². The molecule has 1 heterocycles. The number of fused-ring (bicyclic) bond motifs is 5. The van der Waals surface area contributed by atoms with Gasteiger partial charge >= 0.3 is 0 Å². The van der Waals surface area contributed by atoms with E-state index < -0.39 is 0 Å². The molecule has 2 heteroatoms. The fraction of sp³-hybridized carbons (Fsp3) is 0. The minimum Gasteiger partial charge on any atom is -0.310 e. The lowest BCUT2D eigenvalue weighted by Crippen LogP contribution is -2.11. The Hall–Kier alpha value is -7.26. The van der Waals surface area contributed by atoms with Gasteiger partial charge in [-0.1, -0.05) is 182 Å². The van der Waals surface area contributed by atoms with Crippen molar-refractivity contribution in [2.75, 3.05) is 4.90 Å². The molecule has 0 bridgehead atoms. The smallest absolute Gasteiger partial charge is 0.0540 e. The molecule has 1 nitrogen and oxygen atoms in total. The average molecular weight is 756 g/mol. The molecule has 0 spiro atoms. The standard InChI is InChI=1S/C56H37NS/c1-3-15-47-41(11-1)13-9-19-48(47)43-25-23-38(24-26-43)39-27-32-45(33-28-39)57(54-21-7-5-17-51(54)50-20-10-14-42-12-2-4-16-49(42)50)46-34-29-40(30-35-46)44-31-36-53-52-18-6-8-22-55(52)58-56(53)37-44/h1-37H. The molecule has 0 amide bonds. The highest BCUT2D eigenvalue weighted by Crippen LogP contribution is 2.44. The quantitative estimate of drug-likeness (QED) is 0.157. The summed E-state index contributed by atoms with van der Waals surface area (Å²) in [6, 6.07) is 81.9. The van der Waals surface area contributed by atoms with E-state index in [0.717, 1.165) is 17.1 Å². The molecule has 11 aromatic rings. The van der Waals surface area contributed by atoms with Crippen LogP contribution in [0, 0.1) is 0 Å². The fourth-order valence-corrected chi connectivity index (χ4v) is 9.76. The number of hydrogen-bond donors (Lipinski definition) is 0. The van der Waals surface area contributed by atoms with E-state index in [1.54, 1.807) is 0 Å². The Balaban J connectivity index is 0.986.